The third-order valence-electron chi connectivity index (χ3n) is 2.95. The van der Waals surface area contributed by atoms with E-state index in [1.165, 1.54) is 15.6 Å². The van der Waals surface area contributed by atoms with Crippen molar-refractivity contribution in [3.63, 3.8) is 0 Å². The second kappa shape index (κ2) is 7.80. The van der Waals surface area contributed by atoms with Crippen LogP contribution in [0.4, 0.5) is 0 Å². The lowest BCUT2D eigenvalue weighted by atomic mass is 10.1. The SMILES string of the molecule is CCCC(CNCC)Oc1cc(C)c(Br)c(C)c1. The van der Waals surface area contributed by atoms with E-state index in [4.69, 9.17) is 4.74 Å². The van der Waals surface area contributed by atoms with Gasteiger partial charge in [-0.2, -0.15) is 0 Å². The summed E-state index contributed by atoms with van der Waals surface area (Å²) in [6.07, 6.45) is 2.49. The van der Waals surface area contributed by atoms with Crippen molar-refractivity contribution < 1.29 is 4.74 Å². The number of hydrogen-bond donors (Lipinski definition) is 1. The highest BCUT2D eigenvalue weighted by atomic mass is 79.9. The van der Waals surface area contributed by atoms with Crippen molar-refractivity contribution in [2.45, 2.75) is 46.6 Å². The number of aryl methyl sites for hydroxylation is 2. The fourth-order valence-electron chi connectivity index (χ4n) is 2.00. The van der Waals surface area contributed by atoms with Crippen molar-refractivity contribution in [1.29, 1.82) is 0 Å². The molecule has 0 amide bonds. The zero-order chi connectivity index (χ0) is 13.5. The minimum absolute atomic E-state index is 0.259. The number of hydrogen-bond acceptors (Lipinski definition) is 2. The fourth-order valence-corrected chi connectivity index (χ4v) is 2.23. The normalized spacial score (nSPS) is 12.5. The van der Waals surface area contributed by atoms with Crippen LogP contribution in [-0.4, -0.2) is 19.2 Å². The molecule has 0 fully saturated rings. The van der Waals surface area contributed by atoms with Crippen molar-refractivity contribution in [2.75, 3.05) is 13.1 Å². The lowest BCUT2D eigenvalue weighted by Gasteiger charge is -2.20. The number of likely N-dealkylation sites (N-methyl/N-ethyl adjacent to an activating group) is 1. The highest BCUT2D eigenvalue weighted by Crippen LogP contribution is 2.27. The van der Waals surface area contributed by atoms with Crippen LogP contribution in [0.1, 0.15) is 37.8 Å². The van der Waals surface area contributed by atoms with Crippen molar-refractivity contribution in [2.24, 2.45) is 0 Å². The maximum absolute atomic E-state index is 6.09. The second-order valence-corrected chi connectivity index (χ2v) is 5.50. The number of rotatable bonds is 7. The standard InChI is InChI=1S/C15H24BrNO/c1-5-7-13(10-17-6-2)18-14-8-11(3)15(16)12(4)9-14/h8-9,13,17H,5-7,10H2,1-4H3. The maximum Gasteiger partial charge on any atom is 0.120 e. The predicted octanol–water partition coefficient (Wildman–Crippen LogP) is 4.22. The molecular weight excluding hydrogens is 290 g/mol. The van der Waals surface area contributed by atoms with E-state index in [9.17, 15) is 0 Å². The Bertz CT molecular complexity index is 356. The maximum atomic E-state index is 6.09. The molecule has 1 N–H and O–H groups in total. The Kier molecular flexibility index (Phi) is 6.72. The summed E-state index contributed by atoms with van der Waals surface area (Å²) < 4.78 is 7.26. The Morgan fingerprint density at radius 1 is 1.22 bits per heavy atom. The molecule has 1 aromatic rings. The van der Waals surface area contributed by atoms with Gasteiger partial charge in [-0.15, -0.1) is 0 Å². The molecule has 0 aliphatic rings. The van der Waals surface area contributed by atoms with Crippen LogP contribution in [-0.2, 0) is 0 Å². The van der Waals surface area contributed by atoms with E-state index in [0.29, 0.717) is 0 Å². The van der Waals surface area contributed by atoms with E-state index in [2.05, 4.69) is 61.1 Å². The molecule has 0 saturated heterocycles. The summed E-state index contributed by atoms with van der Waals surface area (Å²) in [4.78, 5) is 0. The van der Waals surface area contributed by atoms with Gasteiger partial charge < -0.3 is 10.1 Å². The molecule has 0 heterocycles. The van der Waals surface area contributed by atoms with Gasteiger partial charge in [0.05, 0.1) is 0 Å². The average molecular weight is 314 g/mol. The molecule has 18 heavy (non-hydrogen) atoms. The molecule has 0 aromatic heterocycles. The van der Waals surface area contributed by atoms with Crippen LogP contribution in [0.15, 0.2) is 16.6 Å². The van der Waals surface area contributed by atoms with Crippen LogP contribution in [0.2, 0.25) is 0 Å². The molecule has 102 valence electrons. The number of halogens is 1. The molecule has 0 aliphatic heterocycles. The number of benzene rings is 1. The van der Waals surface area contributed by atoms with E-state index in [1.807, 2.05) is 0 Å². The van der Waals surface area contributed by atoms with E-state index >= 15 is 0 Å². The third kappa shape index (κ3) is 4.62. The molecule has 0 bridgehead atoms. The van der Waals surface area contributed by atoms with Gasteiger partial charge in [0.15, 0.2) is 0 Å². The summed E-state index contributed by atoms with van der Waals surface area (Å²) >= 11 is 3.58. The van der Waals surface area contributed by atoms with E-state index in [1.54, 1.807) is 0 Å². The topological polar surface area (TPSA) is 21.3 Å². The Hall–Kier alpha value is -0.540. The Morgan fingerprint density at radius 2 is 1.83 bits per heavy atom. The summed E-state index contributed by atoms with van der Waals surface area (Å²) in [6, 6.07) is 4.21. The van der Waals surface area contributed by atoms with Gasteiger partial charge in [0.1, 0.15) is 11.9 Å². The zero-order valence-electron chi connectivity index (χ0n) is 11.8. The molecule has 2 nitrogen and oxygen atoms in total. The van der Waals surface area contributed by atoms with E-state index in [0.717, 1.165) is 31.7 Å². The first-order valence-corrected chi connectivity index (χ1v) is 7.51. The summed E-state index contributed by atoms with van der Waals surface area (Å²) in [5, 5.41) is 3.36. The minimum atomic E-state index is 0.259. The molecule has 3 heteroatoms. The molecule has 1 aromatic carbocycles. The van der Waals surface area contributed by atoms with Gasteiger partial charge in [-0.3, -0.25) is 0 Å². The van der Waals surface area contributed by atoms with Gasteiger partial charge in [-0.25, -0.2) is 0 Å². The quantitative estimate of drug-likeness (QED) is 0.813. The number of ether oxygens (including phenoxy) is 1. The second-order valence-electron chi connectivity index (χ2n) is 4.71. The molecule has 1 unspecified atom stereocenters. The number of nitrogens with one attached hydrogen (secondary N) is 1. The fraction of sp³-hybridized carbons (Fsp3) is 0.600. The predicted molar refractivity (Wildman–Crippen MR) is 81.5 cm³/mol. The smallest absolute Gasteiger partial charge is 0.120 e. The zero-order valence-corrected chi connectivity index (χ0v) is 13.4. The average Bonchev–Trinajstić information content (AvgIpc) is 2.33. The van der Waals surface area contributed by atoms with Crippen LogP contribution < -0.4 is 10.1 Å². The van der Waals surface area contributed by atoms with Gasteiger partial charge in [-0.05, 0) is 50.1 Å². The highest BCUT2D eigenvalue weighted by Gasteiger charge is 2.10. The van der Waals surface area contributed by atoms with E-state index < -0.39 is 0 Å². The summed E-state index contributed by atoms with van der Waals surface area (Å²) in [6.45, 7) is 10.4. The first kappa shape index (κ1) is 15.5. The lowest BCUT2D eigenvalue weighted by Crippen LogP contribution is -2.31. The summed E-state index contributed by atoms with van der Waals surface area (Å²) in [5.74, 6) is 0.976. The molecule has 0 spiro atoms. The molecule has 0 radical (unpaired) electrons. The molecular formula is C15H24BrNO. The summed E-state index contributed by atoms with van der Waals surface area (Å²) in [5.41, 5.74) is 2.45. The Labute approximate surface area is 119 Å². The van der Waals surface area contributed by atoms with Crippen LogP contribution in [0, 0.1) is 13.8 Å². The Morgan fingerprint density at radius 3 is 2.33 bits per heavy atom. The molecule has 1 atom stereocenters. The minimum Gasteiger partial charge on any atom is -0.489 e. The first-order valence-electron chi connectivity index (χ1n) is 6.72. The van der Waals surface area contributed by atoms with Gasteiger partial charge in [-0.1, -0.05) is 36.2 Å². The van der Waals surface area contributed by atoms with Crippen molar-refractivity contribution in [1.82, 2.24) is 5.32 Å². The van der Waals surface area contributed by atoms with Crippen LogP contribution in [0.25, 0.3) is 0 Å². The first-order chi connectivity index (χ1) is 8.58. The van der Waals surface area contributed by atoms with Crippen LogP contribution in [0.3, 0.4) is 0 Å². The van der Waals surface area contributed by atoms with Gasteiger partial charge >= 0.3 is 0 Å². The molecule has 0 saturated carbocycles. The lowest BCUT2D eigenvalue weighted by molar-refractivity contribution is 0.187. The van der Waals surface area contributed by atoms with Crippen molar-refractivity contribution in [3.05, 3.63) is 27.7 Å². The van der Waals surface area contributed by atoms with Crippen molar-refractivity contribution >= 4 is 15.9 Å². The van der Waals surface area contributed by atoms with Crippen molar-refractivity contribution in [3.8, 4) is 5.75 Å². The Balaban J connectivity index is 2.73. The highest BCUT2D eigenvalue weighted by molar-refractivity contribution is 9.10. The monoisotopic (exact) mass is 313 g/mol. The van der Waals surface area contributed by atoms with Crippen LogP contribution >= 0.6 is 15.9 Å². The third-order valence-corrected chi connectivity index (χ3v) is 4.20. The van der Waals surface area contributed by atoms with E-state index in [-0.39, 0.29) is 6.10 Å². The largest absolute Gasteiger partial charge is 0.489 e. The molecule has 1 rings (SSSR count). The van der Waals surface area contributed by atoms with Gasteiger partial charge in [0.25, 0.3) is 0 Å². The van der Waals surface area contributed by atoms with Gasteiger partial charge in [0.2, 0.25) is 0 Å². The summed E-state index contributed by atoms with van der Waals surface area (Å²) in [7, 11) is 0. The van der Waals surface area contributed by atoms with Crippen LogP contribution in [0.5, 0.6) is 5.75 Å². The molecule has 0 aliphatic carbocycles. The van der Waals surface area contributed by atoms with Gasteiger partial charge in [0, 0.05) is 11.0 Å².